The fourth-order valence-corrected chi connectivity index (χ4v) is 2.91. The zero-order valence-corrected chi connectivity index (χ0v) is 13.5. The van der Waals surface area contributed by atoms with Crippen LogP contribution in [-0.4, -0.2) is 5.11 Å². The van der Waals surface area contributed by atoms with E-state index in [0.29, 0.717) is 12.0 Å². The first-order chi connectivity index (χ1) is 9.83. The molecule has 0 heterocycles. The molecule has 0 spiro atoms. The molecular formula is C17H17Cl2FO. The van der Waals surface area contributed by atoms with Gasteiger partial charge in [-0.3, -0.25) is 0 Å². The summed E-state index contributed by atoms with van der Waals surface area (Å²) in [4.78, 5) is 0. The Morgan fingerprint density at radius 3 is 2.19 bits per heavy atom. The van der Waals surface area contributed by atoms with Crippen LogP contribution in [0.25, 0.3) is 0 Å². The monoisotopic (exact) mass is 326 g/mol. The minimum absolute atomic E-state index is 0.0492. The third-order valence-electron chi connectivity index (χ3n) is 3.57. The molecule has 1 atom stereocenters. The maximum Gasteiger partial charge on any atom is 0.142 e. The molecule has 0 saturated heterocycles. The highest BCUT2D eigenvalue weighted by Crippen LogP contribution is 2.34. The van der Waals surface area contributed by atoms with Gasteiger partial charge in [0, 0.05) is 17.0 Å². The molecule has 0 bridgehead atoms. The number of hydrogen-bond donors (Lipinski definition) is 1. The van der Waals surface area contributed by atoms with Gasteiger partial charge < -0.3 is 5.11 Å². The number of aliphatic hydroxyl groups is 1. The summed E-state index contributed by atoms with van der Waals surface area (Å²) in [6.45, 7) is 3.71. The molecule has 1 N–H and O–H groups in total. The maximum absolute atomic E-state index is 13.6. The van der Waals surface area contributed by atoms with E-state index in [2.05, 4.69) is 6.92 Å². The summed E-state index contributed by atoms with van der Waals surface area (Å²) in [5, 5.41) is 10.9. The Balaban J connectivity index is 2.30. The number of halogens is 3. The van der Waals surface area contributed by atoms with E-state index in [-0.39, 0.29) is 10.0 Å². The van der Waals surface area contributed by atoms with Crippen LogP contribution >= 0.6 is 23.2 Å². The van der Waals surface area contributed by atoms with Crippen LogP contribution in [-0.2, 0) is 18.4 Å². The zero-order valence-electron chi connectivity index (χ0n) is 12.0. The number of benzene rings is 2. The van der Waals surface area contributed by atoms with Gasteiger partial charge in [-0.05, 0) is 36.6 Å². The summed E-state index contributed by atoms with van der Waals surface area (Å²) in [7, 11) is 0. The molecule has 0 aliphatic rings. The quantitative estimate of drug-likeness (QED) is 0.771. The Kier molecular flexibility index (Phi) is 4.92. The van der Waals surface area contributed by atoms with Crippen LogP contribution in [0.5, 0.6) is 0 Å². The molecule has 2 rings (SSSR count). The van der Waals surface area contributed by atoms with Gasteiger partial charge in [-0.1, -0.05) is 54.4 Å². The summed E-state index contributed by atoms with van der Waals surface area (Å²) >= 11 is 11.8. The van der Waals surface area contributed by atoms with E-state index in [1.54, 1.807) is 6.92 Å². The third kappa shape index (κ3) is 3.76. The van der Waals surface area contributed by atoms with Gasteiger partial charge in [0.15, 0.2) is 0 Å². The zero-order chi connectivity index (χ0) is 15.6. The van der Waals surface area contributed by atoms with Gasteiger partial charge in [-0.25, -0.2) is 4.39 Å². The molecule has 4 heteroatoms. The average Bonchev–Trinajstić information content (AvgIpc) is 2.43. The second-order valence-corrected chi connectivity index (χ2v) is 6.18. The van der Waals surface area contributed by atoms with E-state index in [4.69, 9.17) is 23.2 Å². The predicted molar refractivity (Wildman–Crippen MR) is 85.5 cm³/mol. The molecule has 1 nitrogen and oxygen atoms in total. The molecule has 1 unspecified atom stereocenters. The number of rotatable bonds is 4. The van der Waals surface area contributed by atoms with E-state index in [1.165, 1.54) is 17.7 Å². The van der Waals surface area contributed by atoms with Gasteiger partial charge in [0.2, 0.25) is 0 Å². The molecule has 0 fully saturated rings. The van der Waals surface area contributed by atoms with Gasteiger partial charge in [-0.2, -0.15) is 0 Å². The van der Waals surface area contributed by atoms with Crippen LogP contribution < -0.4 is 0 Å². The van der Waals surface area contributed by atoms with E-state index >= 15 is 0 Å². The summed E-state index contributed by atoms with van der Waals surface area (Å²) < 4.78 is 13.6. The molecule has 2 aromatic rings. The SMILES string of the molecule is CCc1ccc(CC(C)(O)c2cc(F)c(Cl)cc2Cl)cc1. The molecule has 21 heavy (non-hydrogen) atoms. The van der Waals surface area contributed by atoms with E-state index in [1.807, 2.05) is 24.3 Å². The van der Waals surface area contributed by atoms with Crippen molar-refractivity contribution in [3.05, 3.63) is 69.0 Å². The van der Waals surface area contributed by atoms with Gasteiger partial charge in [-0.15, -0.1) is 0 Å². The van der Waals surface area contributed by atoms with Gasteiger partial charge in [0.05, 0.1) is 10.6 Å². The Labute approximate surface area is 134 Å². The first-order valence-corrected chi connectivity index (χ1v) is 7.54. The molecule has 0 aromatic heterocycles. The Morgan fingerprint density at radius 1 is 1.05 bits per heavy atom. The largest absolute Gasteiger partial charge is 0.385 e. The first kappa shape index (κ1) is 16.3. The minimum atomic E-state index is -1.27. The van der Waals surface area contributed by atoms with Crippen LogP contribution in [0.4, 0.5) is 4.39 Å². The Bertz CT molecular complexity index is 636. The van der Waals surface area contributed by atoms with Crippen molar-refractivity contribution in [2.24, 2.45) is 0 Å². The Hall–Kier alpha value is -1.09. The molecule has 0 aliphatic carbocycles. The lowest BCUT2D eigenvalue weighted by atomic mass is 9.88. The van der Waals surface area contributed by atoms with Crippen molar-refractivity contribution >= 4 is 23.2 Å². The van der Waals surface area contributed by atoms with Crippen LogP contribution in [0.3, 0.4) is 0 Å². The maximum atomic E-state index is 13.6. The summed E-state index contributed by atoms with van der Waals surface area (Å²) in [6, 6.07) is 10.5. The van der Waals surface area contributed by atoms with E-state index in [0.717, 1.165) is 12.0 Å². The topological polar surface area (TPSA) is 20.2 Å². The van der Waals surface area contributed by atoms with Gasteiger partial charge in [0.1, 0.15) is 5.82 Å². The first-order valence-electron chi connectivity index (χ1n) is 6.78. The van der Waals surface area contributed by atoms with E-state index < -0.39 is 11.4 Å². The van der Waals surface area contributed by atoms with Gasteiger partial charge in [0.25, 0.3) is 0 Å². The fourth-order valence-electron chi connectivity index (χ4n) is 2.32. The lowest BCUT2D eigenvalue weighted by Gasteiger charge is -2.25. The second-order valence-electron chi connectivity index (χ2n) is 5.37. The highest BCUT2D eigenvalue weighted by Gasteiger charge is 2.27. The second kappa shape index (κ2) is 6.35. The van der Waals surface area contributed by atoms with Crippen molar-refractivity contribution in [3.63, 3.8) is 0 Å². The lowest BCUT2D eigenvalue weighted by Crippen LogP contribution is -2.25. The van der Waals surface area contributed by atoms with Crippen molar-refractivity contribution in [1.29, 1.82) is 0 Å². The average molecular weight is 327 g/mol. The van der Waals surface area contributed by atoms with E-state index in [9.17, 15) is 9.50 Å². The fraction of sp³-hybridized carbons (Fsp3) is 0.294. The summed E-state index contributed by atoms with van der Waals surface area (Å²) in [6.07, 6.45) is 1.31. The summed E-state index contributed by atoms with van der Waals surface area (Å²) in [5.74, 6) is -0.585. The smallest absolute Gasteiger partial charge is 0.142 e. The molecule has 0 aliphatic heterocycles. The molecule has 0 amide bonds. The Morgan fingerprint density at radius 2 is 1.62 bits per heavy atom. The van der Waals surface area contributed by atoms with Crippen molar-refractivity contribution < 1.29 is 9.50 Å². The lowest BCUT2D eigenvalue weighted by molar-refractivity contribution is 0.0574. The highest BCUT2D eigenvalue weighted by molar-refractivity contribution is 6.35. The van der Waals surface area contributed by atoms with Crippen molar-refractivity contribution in [3.8, 4) is 0 Å². The van der Waals surface area contributed by atoms with Crippen LogP contribution in [0, 0.1) is 5.82 Å². The molecule has 0 radical (unpaired) electrons. The van der Waals surface area contributed by atoms with Gasteiger partial charge >= 0.3 is 0 Å². The number of hydrogen-bond acceptors (Lipinski definition) is 1. The molecule has 0 saturated carbocycles. The highest BCUT2D eigenvalue weighted by atomic mass is 35.5. The van der Waals surface area contributed by atoms with Crippen molar-refractivity contribution in [1.82, 2.24) is 0 Å². The van der Waals surface area contributed by atoms with Crippen LogP contribution in [0.2, 0.25) is 10.0 Å². The van der Waals surface area contributed by atoms with Crippen molar-refractivity contribution in [2.75, 3.05) is 0 Å². The van der Waals surface area contributed by atoms with Crippen LogP contribution in [0.1, 0.15) is 30.5 Å². The number of aryl methyl sites for hydroxylation is 1. The normalized spacial score (nSPS) is 14.0. The van der Waals surface area contributed by atoms with Crippen molar-refractivity contribution in [2.45, 2.75) is 32.3 Å². The standard InChI is InChI=1S/C17H17Cl2FO/c1-3-11-4-6-12(7-5-11)10-17(2,21)13-8-16(20)15(19)9-14(13)18/h4-9,21H,3,10H2,1-2H3. The predicted octanol–water partition coefficient (Wildman–Crippen LogP) is 5.15. The minimum Gasteiger partial charge on any atom is -0.385 e. The summed E-state index contributed by atoms with van der Waals surface area (Å²) in [5.41, 5.74) is 1.26. The molecule has 112 valence electrons. The van der Waals surface area contributed by atoms with Crippen LogP contribution in [0.15, 0.2) is 36.4 Å². The molecular weight excluding hydrogens is 310 g/mol. The molecule has 2 aromatic carbocycles. The third-order valence-corrected chi connectivity index (χ3v) is 4.17.